The molecule has 0 unspecified atom stereocenters. The SMILES string of the molecule is COC(=O)CCCNC(=O)COC(=O)c1c2c(nc3ccccc13)CC[C@H](C)C2. The smallest absolute Gasteiger partial charge is 0.339 e. The maximum atomic E-state index is 12.9. The molecule has 1 aliphatic rings. The Morgan fingerprint density at radius 2 is 2.03 bits per heavy atom. The highest BCUT2D eigenvalue weighted by Crippen LogP contribution is 2.31. The molecule has 1 aromatic heterocycles. The summed E-state index contributed by atoms with van der Waals surface area (Å²) in [5, 5.41) is 3.39. The number of para-hydroxylation sites is 1. The Labute approximate surface area is 169 Å². The summed E-state index contributed by atoms with van der Waals surface area (Å²) in [6.07, 6.45) is 3.34. The third kappa shape index (κ3) is 5.10. The fraction of sp³-hybridized carbons (Fsp3) is 0.455. The van der Waals surface area contributed by atoms with Gasteiger partial charge in [0.15, 0.2) is 6.61 Å². The van der Waals surface area contributed by atoms with Crippen LogP contribution in [0.25, 0.3) is 10.9 Å². The number of carbonyl (C=O) groups excluding carboxylic acids is 3. The predicted molar refractivity (Wildman–Crippen MR) is 107 cm³/mol. The molecule has 0 saturated carbocycles. The molecule has 2 aromatic rings. The van der Waals surface area contributed by atoms with Gasteiger partial charge in [0.1, 0.15) is 0 Å². The number of nitrogens with zero attached hydrogens (tertiary/aromatic N) is 1. The molecule has 0 saturated heterocycles. The number of aryl methyl sites for hydroxylation is 1. The topological polar surface area (TPSA) is 94.6 Å². The third-order valence-corrected chi connectivity index (χ3v) is 5.15. The van der Waals surface area contributed by atoms with Crippen LogP contribution in [0.15, 0.2) is 24.3 Å². The number of hydrogen-bond acceptors (Lipinski definition) is 6. The molecular weight excluding hydrogens is 372 g/mol. The van der Waals surface area contributed by atoms with Gasteiger partial charge in [0.05, 0.1) is 18.2 Å². The van der Waals surface area contributed by atoms with Gasteiger partial charge in [-0.25, -0.2) is 4.79 Å². The van der Waals surface area contributed by atoms with E-state index >= 15 is 0 Å². The van der Waals surface area contributed by atoms with Crippen molar-refractivity contribution in [2.24, 2.45) is 5.92 Å². The molecule has 1 N–H and O–H groups in total. The Kier molecular flexibility index (Phi) is 6.80. The van der Waals surface area contributed by atoms with Crippen molar-refractivity contribution in [3.8, 4) is 0 Å². The molecule has 1 aliphatic carbocycles. The van der Waals surface area contributed by atoms with E-state index in [2.05, 4.69) is 17.0 Å². The van der Waals surface area contributed by atoms with E-state index in [1.165, 1.54) is 7.11 Å². The van der Waals surface area contributed by atoms with Crippen molar-refractivity contribution < 1.29 is 23.9 Å². The van der Waals surface area contributed by atoms with E-state index in [4.69, 9.17) is 9.72 Å². The first-order chi connectivity index (χ1) is 14.0. The number of amides is 1. The normalized spacial score (nSPS) is 15.4. The highest BCUT2D eigenvalue weighted by molar-refractivity contribution is 6.05. The van der Waals surface area contributed by atoms with Crippen LogP contribution in [0, 0.1) is 5.92 Å². The molecule has 29 heavy (non-hydrogen) atoms. The number of pyridine rings is 1. The lowest BCUT2D eigenvalue weighted by Gasteiger charge is -2.24. The number of hydrogen-bond donors (Lipinski definition) is 1. The maximum absolute atomic E-state index is 12.9. The Bertz CT molecular complexity index is 925. The summed E-state index contributed by atoms with van der Waals surface area (Å²) >= 11 is 0. The van der Waals surface area contributed by atoms with E-state index in [1.807, 2.05) is 24.3 Å². The molecular formula is C22H26N2O5. The van der Waals surface area contributed by atoms with Gasteiger partial charge < -0.3 is 14.8 Å². The van der Waals surface area contributed by atoms with E-state index in [1.54, 1.807) is 0 Å². The Morgan fingerprint density at radius 3 is 2.83 bits per heavy atom. The minimum absolute atomic E-state index is 0.226. The molecule has 0 fully saturated rings. The first-order valence-electron chi connectivity index (χ1n) is 9.90. The van der Waals surface area contributed by atoms with Gasteiger partial charge in [-0.2, -0.15) is 0 Å². The van der Waals surface area contributed by atoms with Crippen molar-refractivity contribution in [2.75, 3.05) is 20.3 Å². The molecule has 1 amide bonds. The van der Waals surface area contributed by atoms with Gasteiger partial charge in [-0.3, -0.25) is 14.6 Å². The predicted octanol–water partition coefficient (Wildman–Crippen LogP) is 2.59. The van der Waals surface area contributed by atoms with Crippen molar-refractivity contribution >= 4 is 28.7 Å². The quantitative estimate of drug-likeness (QED) is 0.569. The van der Waals surface area contributed by atoms with Gasteiger partial charge >= 0.3 is 11.9 Å². The Balaban J connectivity index is 1.68. The van der Waals surface area contributed by atoms with Crippen LogP contribution in [0.1, 0.15) is 47.8 Å². The van der Waals surface area contributed by atoms with Crippen LogP contribution in [-0.4, -0.2) is 43.1 Å². The summed E-state index contributed by atoms with van der Waals surface area (Å²) in [5.74, 6) is -0.758. The second-order valence-electron chi connectivity index (χ2n) is 7.38. The van der Waals surface area contributed by atoms with E-state index in [0.717, 1.165) is 41.4 Å². The highest BCUT2D eigenvalue weighted by Gasteiger charge is 2.26. The van der Waals surface area contributed by atoms with Crippen molar-refractivity contribution in [3.05, 3.63) is 41.1 Å². The van der Waals surface area contributed by atoms with Crippen LogP contribution < -0.4 is 5.32 Å². The Hall–Kier alpha value is -2.96. The van der Waals surface area contributed by atoms with Crippen LogP contribution in [0.5, 0.6) is 0 Å². The van der Waals surface area contributed by atoms with Crippen LogP contribution in [0.2, 0.25) is 0 Å². The fourth-order valence-electron chi connectivity index (χ4n) is 3.61. The lowest BCUT2D eigenvalue weighted by atomic mass is 9.84. The second kappa shape index (κ2) is 9.49. The standard InChI is InChI=1S/C22H26N2O5/c1-14-9-10-18-16(12-14)21(15-6-3-4-7-17(15)24-18)22(27)29-13-19(25)23-11-5-8-20(26)28-2/h3-4,6-7,14H,5,8-13H2,1-2H3,(H,23,25)/t14-/m0/s1. The first-order valence-corrected chi connectivity index (χ1v) is 9.90. The number of aromatic nitrogens is 1. The number of methoxy groups -OCH3 is 1. The highest BCUT2D eigenvalue weighted by atomic mass is 16.5. The van der Waals surface area contributed by atoms with Gasteiger partial charge in [-0.15, -0.1) is 0 Å². The number of esters is 2. The number of rotatable bonds is 7. The first kappa shape index (κ1) is 20.8. The van der Waals surface area contributed by atoms with Crippen molar-refractivity contribution in [1.82, 2.24) is 10.3 Å². The number of fused-ring (bicyclic) bond motifs is 2. The van der Waals surface area contributed by atoms with Gasteiger partial charge in [0.25, 0.3) is 5.91 Å². The molecule has 7 nitrogen and oxygen atoms in total. The van der Waals surface area contributed by atoms with Gasteiger partial charge in [0, 0.05) is 24.0 Å². The van der Waals surface area contributed by atoms with Crippen molar-refractivity contribution in [1.29, 1.82) is 0 Å². The maximum Gasteiger partial charge on any atom is 0.339 e. The molecule has 1 heterocycles. The van der Waals surface area contributed by atoms with E-state index in [0.29, 0.717) is 24.4 Å². The fourth-order valence-corrected chi connectivity index (χ4v) is 3.61. The molecule has 154 valence electrons. The monoisotopic (exact) mass is 398 g/mol. The third-order valence-electron chi connectivity index (χ3n) is 5.15. The number of benzene rings is 1. The largest absolute Gasteiger partial charge is 0.469 e. The van der Waals surface area contributed by atoms with E-state index in [9.17, 15) is 14.4 Å². The molecule has 1 atom stereocenters. The summed E-state index contributed by atoms with van der Waals surface area (Å²) in [7, 11) is 1.32. The van der Waals surface area contributed by atoms with Crippen LogP contribution in [0.3, 0.4) is 0 Å². The van der Waals surface area contributed by atoms with Crippen LogP contribution in [0.4, 0.5) is 0 Å². The summed E-state index contributed by atoms with van der Waals surface area (Å²) < 4.78 is 9.88. The summed E-state index contributed by atoms with van der Waals surface area (Å²) in [6, 6.07) is 7.52. The van der Waals surface area contributed by atoms with Crippen LogP contribution in [-0.2, 0) is 31.9 Å². The van der Waals surface area contributed by atoms with E-state index in [-0.39, 0.29) is 19.0 Å². The van der Waals surface area contributed by atoms with Gasteiger partial charge in [0.2, 0.25) is 0 Å². The number of carbonyl (C=O) groups is 3. The summed E-state index contributed by atoms with van der Waals surface area (Å²) in [4.78, 5) is 40.7. The van der Waals surface area contributed by atoms with E-state index < -0.39 is 11.9 Å². The zero-order chi connectivity index (χ0) is 20.8. The molecule has 0 spiro atoms. The molecule has 7 heteroatoms. The summed E-state index contributed by atoms with van der Waals surface area (Å²) in [5.41, 5.74) is 3.17. The number of nitrogens with one attached hydrogen (secondary N) is 1. The number of ether oxygens (including phenoxy) is 2. The average Bonchev–Trinajstić information content (AvgIpc) is 2.73. The minimum Gasteiger partial charge on any atom is -0.469 e. The lowest BCUT2D eigenvalue weighted by Crippen LogP contribution is -2.30. The van der Waals surface area contributed by atoms with Gasteiger partial charge in [-0.1, -0.05) is 25.1 Å². The minimum atomic E-state index is -0.501. The molecule has 3 rings (SSSR count). The Morgan fingerprint density at radius 1 is 1.24 bits per heavy atom. The van der Waals surface area contributed by atoms with Gasteiger partial charge in [-0.05, 0) is 43.2 Å². The zero-order valence-electron chi connectivity index (χ0n) is 16.8. The molecule has 0 radical (unpaired) electrons. The zero-order valence-corrected chi connectivity index (χ0v) is 16.8. The van der Waals surface area contributed by atoms with Crippen molar-refractivity contribution in [2.45, 2.75) is 39.0 Å². The lowest BCUT2D eigenvalue weighted by molar-refractivity contribution is -0.140. The average molecular weight is 398 g/mol. The summed E-state index contributed by atoms with van der Waals surface area (Å²) in [6.45, 7) is 2.11. The molecule has 0 aliphatic heterocycles. The van der Waals surface area contributed by atoms with Crippen LogP contribution >= 0.6 is 0 Å². The molecule has 0 bridgehead atoms. The molecule has 1 aromatic carbocycles. The second-order valence-corrected chi connectivity index (χ2v) is 7.38. The van der Waals surface area contributed by atoms with Crippen molar-refractivity contribution in [3.63, 3.8) is 0 Å².